The number of rotatable bonds is 21. The van der Waals surface area contributed by atoms with Crippen LogP contribution in [0.1, 0.15) is 79.7 Å². The van der Waals surface area contributed by atoms with E-state index in [4.69, 9.17) is 15.9 Å². The fourth-order valence-corrected chi connectivity index (χ4v) is 7.10. The van der Waals surface area contributed by atoms with Gasteiger partial charge in [-0.2, -0.15) is 0 Å². The number of nitrogens with zero attached hydrogens (tertiary/aromatic N) is 2. The number of methoxy groups -OCH3 is 2. The third-order valence-corrected chi connectivity index (χ3v) is 11.0. The second-order valence-corrected chi connectivity index (χ2v) is 15.3. The van der Waals surface area contributed by atoms with Crippen molar-refractivity contribution in [1.29, 1.82) is 0 Å². The molecule has 1 aliphatic heterocycles. The molecule has 1 aliphatic rings. The third kappa shape index (κ3) is 12.3. The van der Waals surface area contributed by atoms with E-state index in [0.717, 1.165) is 18.4 Å². The molecular formula is C41H66N6O7. The molecule has 0 radical (unpaired) electrons. The molecule has 4 N–H and O–H groups in total. The molecule has 0 saturated carbocycles. The molecule has 1 aromatic carbocycles. The van der Waals surface area contributed by atoms with Gasteiger partial charge >= 0.3 is 0 Å². The van der Waals surface area contributed by atoms with Crippen LogP contribution in [0.3, 0.4) is 0 Å². The molecule has 1 fully saturated rings. The first kappa shape index (κ1) is 46.2. The fourth-order valence-electron chi connectivity index (χ4n) is 7.10. The van der Waals surface area contributed by atoms with Crippen molar-refractivity contribution in [2.75, 3.05) is 41.4 Å². The molecule has 1 heterocycles. The minimum atomic E-state index is -0.880. The molecule has 0 bridgehead atoms. The molecule has 0 aliphatic carbocycles. The average Bonchev–Trinajstić information content (AvgIpc) is 3.64. The molecule has 0 spiro atoms. The number of benzene rings is 1. The Morgan fingerprint density at radius 3 is 2.20 bits per heavy atom. The van der Waals surface area contributed by atoms with Gasteiger partial charge < -0.3 is 40.5 Å². The lowest BCUT2D eigenvalue weighted by molar-refractivity contribution is -0.148. The van der Waals surface area contributed by atoms with Gasteiger partial charge in [-0.3, -0.25) is 24.0 Å². The number of terminal acetylenes is 1. The van der Waals surface area contributed by atoms with E-state index in [1.807, 2.05) is 58.0 Å². The molecule has 5 amide bonds. The summed E-state index contributed by atoms with van der Waals surface area (Å²) in [4.78, 5) is 71.6. The van der Waals surface area contributed by atoms with E-state index in [0.29, 0.717) is 13.0 Å². The molecule has 13 nitrogen and oxygen atoms in total. The summed E-state index contributed by atoms with van der Waals surface area (Å²) in [6, 6.07) is 6.85. The molecule has 8 atom stereocenters. The zero-order chi connectivity index (χ0) is 40.7. The Labute approximate surface area is 323 Å². The molecular weight excluding hydrogens is 688 g/mol. The highest BCUT2D eigenvalue weighted by molar-refractivity contribution is 5.92. The lowest BCUT2D eigenvalue weighted by Crippen LogP contribution is -2.61. The number of likely N-dealkylation sites (N-methyl/N-ethyl adjacent to an activating group) is 2. The predicted molar refractivity (Wildman–Crippen MR) is 210 cm³/mol. The quantitative estimate of drug-likeness (QED) is 0.140. The van der Waals surface area contributed by atoms with Crippen LogP contribution in [0, 0.1) is 30.1 Å². The van der Waals surface area contributed by atoms with E-state index < -0.39 is 53.7 Å². The van der Waals surface area contributed by atoms with E-state index in [2.05, 4.69) is 27.2 Å². The van der Waals surface area contributed by atoms with E-state index >= 15 is 0 Å². The van der Waals surface area contributed by atoms with Crippen LogP contribution >= 0.6 is 0 Å². The van der Waals surface area contributed by atoms with Crippen molar-refractivity contribution >= 4 is 29.5 Å². The van der Waals surface area contributed by atoms with E-state index in [-0.39, 0.29) is 54.9 Å². The van der Waals surface area contributed by atoms with Gasteiger partial charge in [0.2, 0.25) is 29.5 Å². The monoisotopic (exact) mass is 754 g/mol. The Hall–Kier alpha value is -3.99. The maximum Gasteiger partial charge on any atom is 0.245 e. The average molecular weight is 755 g/mol. The fraction of sp³-hybridized carbons (Fsp3) is 0.683. The van der Waals surface area contributed by atoms with Crippen molar-refractivity contribution in [1.82, 2.24) is 31.1 Å². The maximum atomic E-state index is 14.2. The summed E-state index contributed by atoms with van der Waals surface area (Å²) in [5.74, 6) is -0.0526. The Kier molecular flexibility index (Phi) is 18.6. The van der Waals surface area contributed by atoms with Gasteiger partial charge in [0.1, 0.15) is 12.1 Å². The number of carbonyl (C=O) groups is 5. The molecule has 54 heavy (non-hydrogen) atoms. The van der Waals surface area contributed by atoms with E-state index in [9.17, 15) is 24.0 Å². The Bertz CT molecular complexity index is 1430. The lowest BCUT2D eigenvalue weighted by atomic mass is 9.89. The van der Waals surface area contributed by atoms with E-state index in [1.165, 1.54) is 7.11 Å². The van der Waals surface area contributed by atoms with Gasteiger partial charge in [0.05, 0.1) is 48.7 Å². The Morgan fingerprint density at radius 1 is 1.02 bits per heavy atom. The zero-order valence-electron chi connectivity index (χ0n) is 34.4. The van der Waals surface area contributed by atoms with E-state index in [1.54, 1.807) is 51.8 Å². The molecule has 0 aromatic heterocycles. The largest absolute Gasteiger partial charge is 0.379 e. The summed E-state index contributed by atoms with van der Waals surface area (Å²) in [6.07, 6.45) is 6.39. The molecule has 2 rings (SSSR count). The topological polar surface area (TPSA) is 158 Å². The number of carbonyl (C=O) groups excluding carboxylic acids is 5. The van der Waals surface area contributed by atoms with Crippen LogP contribution in [0.4, 0.5) is 0 Å². The number of nitrogens with one attached hydrogen (secondary N) is 4. The second-order valence-electron chi connectivity index (χ2n) is 15.3. The first-order chi connectivity index (χ1) is 25.5. The number of ether oxygens (including phenoxy) is 2. The highest BCUT2D eigenvalue weighted by atomic mass is 16.5. The number of hydrogen-bond donors (Lipinski definition) is 4. The minimum absolute atomic E-state index is 0.00335. The van der Waals surface area contributed by atoms with Crippen molar-refractivity contribution in [3.05, 3.63) is 35.9 Å². The van der Waals surface area contributed by atoms with Crippen LogP contribution in [0.5, 0.6) is 0 Å². The normalized spacial score (nSPS) is 18.4. The summed E-state index contributed by atoms with van der Waals surface area (Å²) >= 11 is 0. The lowest BCUT2D eigenvalue weighted by Gasteiger charge is -2.41. The van der Waals surface area contributed by atoms with Crippen molar-refractivity contribution in [2.45, 2.75) is 122 Å². The van der Waals surface area contributed by atoms with Crippen LogP contribution < -0.4 is 21.3 Å². The van der Waals surface area contributed by atoms with Crippen LogP contribution in [-0.2, 0) is 39.9 Å². The van der Waals surface area contributed by atoms with Crippen LogP contribution in [0.25, 0.3) is 0 Å². The van der Waals surface area contributed by atoms with Gasteiger partial charge in [-0.05, 0) is 51.1 Å². The van der Waals surface area contributed by atoms with Crippen molar-refractivity contribution < 1.29 is 33.4 Å². The number of amides is 5. The van der Waals surface area contributed by atoms with Crippen molar-refractivity contribution in [2.24, 2.45) is 17.8 Å². The van der Waals surface area contributed by atoms with Gasteiger partial charge in [0.15, 0.2) is 0 Å². The molecule has 302 valence electrons. The van der Waals surface area contributed by atoms with Crippen LogP contribution in [0.2, 0.25) is 0 Å². The standard InChI is InChI=1S/C41H66N6O7/c1-13-22-43-38(50)30(24-29-19-16-15-17-20-29)44-37(49)28(6)36(54-12)31-21-18-23-47(31)33(48)25-32(53-11)35(27(5)14-2)46(10)39(51)34(26(3)4)45-40(52)41(7,8)42-9/h1,15-17,19-20,26-28,30-32,34-36,42H,14,18,21-25H2,2-12H3,(H,43,50)(H,44,49)(H,45,52). The highest BCUT2D eigenvalue weighted by Gasteiger charge is 2.43. The van der Waals surface area contributed by atoms with Crippen LogP contribution in [0.15, 0.2) is 30.3 Å². The maximum absolute atomic E-state index is 14.2. The number of likely N-dealkylation sites (tertiary alicyclic amines) is 1. The summed E-state index contributed by atoms with van der Waals surface area (Å²) in [7, 11) is 6.47. The molecule has 13 heteroatoms. The smallest absolute Gasteiger partial charge is 0.245 e. The van der Waals surface area contributed by atoms with Crippen molar-refractivity contribution in [3.63, 3.8) is 0 Å². The van der Waals surface area contributed by atoms with Gasteiger partial charge in [-0.25, -0.2) is 0 Å². The summed E-state index contributed by atoms with van der Waals surface area (Å²) < 4.78 is 11.9. The summed E-state index contributed by atoms with van der Waals surface area (Å²) in [6.45, 7) is 13.6. The zero-order valence-corrected chi connectivity index (χ0v) is 34.4. The number of hydrogen-bond acceptors (Lipinski definition) is 8. The first-order valence-corrected chi connectivity index (χ1v) is 19.2. The SMILES string of the molecule is C#CCNC(=O)C(Cc1ccccc1)NC(=O)C(C)C(OC)C1CCCN1C(=O)CC(OC)C(C(C)CC)N(C)C(=O)C(NC(=O)C(C)(C)NC)C(C)C. The van der Waals surface area contributed by atoms with Crippen molar-refractivity contribution in [3.8, 4) is 12.3 Å². The Balaban J connectivity index is 2.29. The van der Waals surface area contributed by atoms with Gasteiger partial charge in [-0.15, -0.1) is 6.42 Å². The summed E-state index contributed by atoms with van der Waals surface area (Å²) in [5, 5.41) is 11.5. The molecule has 8 unspecified atom stereocenters. The van der Waals surface area contributed by atoms with Gasteiger partial charge in [-0.1, -0.05) is 77.3 Å². The van der Waals surface area contributed by atoms with Crippen LogP contribution in [-0.4, -0.2) is 123 Å². The molecule has 1 aromatic rings. The first-order valence-electron chi connectivity index (χ1n) is 19.2. The van der Waals surface area contributed by atoms with Gasteiger partial charge in [0.25, 0.3) is 0 Å². The Morgan fingerprint density at radius 2 is 1.67 bits per heavy atom. The predicted octanol–water partition coefficient (Wildman–Crippen LogP) is 2.52. The third-order valence-electron chi connectivity index (χ3n) is 11.0. The highest BCUT2D eigenvalue weighted by Crippen LogP contribution is 2.30. The summed E-state index contributed by atoms with van der Waals surface area (Å²) in [5.41, 5.74) is -0.00507. The minimum Gasteiger partial charge on any atom is -0.379 e. The molecule has 1 saturated heterocycles. The van der Waals surface area contributed by atoms with Gasteiger partial charge in [0, 0.05) is 34.2 Å². The second kappa shape index (κ2) is 21.8.